The molecule has 314 valence electrons. The number of hydrogen-bond donors (Lipinski definition) is 0. The second-order valence-corrected chi connectivity index (χ2v) is 20.0. The van der Waals surface area contributed by atoms with E-state index in [1.54, 1.807) is 0 Å². The van der Waals surface area contributed by atoms with Gasteiger partial charge in [0.25, 0.3) is 0 Å². The summed E-state index contributed by atoms with van der Waals surface area (Å²) in [6.45, 7) is 46.3. The van der Waals surface area contributed by atoms with Crippen molar-refractivity contribution in [2.75, 3.05) is 0 Å². The van der Waals surface area contributed by atoms with Gasteiger partial charge in [-0.15, -0.1) is 0 Å². The number of aromatic nitrogens is 6. The third-order valence-electron chi connectivity index (χ3n) is 13.0. The molecular formula is C50H74N6Pd. The molecule has 0 N–H and O–H groups in total. The molecule has 2 aliphatic rings. The van der Waals surface area contributed by atoms with Gasteiger partial charge in [-0.3, -0.25) is 9.97 Å². The van der Waals surface area contributed by atoms with E-state index in [0.717, 1.165) is 56.5 Å². The minimum absolute atomic E-state index is 0. The molecule has 5 heterocycles. The quantitative estimate of drug-likeness (QED) is 0.169. The molecule has 5 rings (SSSR count). The van der Waals surface area contributed by atoms with Crippen LogP contribution in [0.4, 0.5) is 0 Å². The van der Waals surface area contributed by atoms with Gasteiger partial charge < -0.3 is 19.9 Å². The molecule has 0 aromatic carbocycles. The number of hydrogen-bond acceptors (Lipinski definition) is 4. The van der Waals surface area contributed by atoms with Crippen molar-refractivity contribution < 1.29 is 20.4 Å². The van der Waals surface area contributed by atoms with Gasteiger partial charge in [0.15, 0.2) is 0 Å². The molecule has 0 unspecified atom stereocenters. The van der Waals surface area contributed by atoms with Crippen molar-refractivity contribution in [2.24, 2.45) is 59.2 Å². The molecule has 3 aromatic heterocycles. The summed E-state index contributed by atoms with van der Waals surface area (Å²) in [5.74, 6) is 6.09. The van der Waals surface area contributed by atoms with Crippen LogP contribution < -0.4 is 9.97 Å². The van der Waals surface area contributed by atoms with E-state index in [9.17, 15) is 0 Å². The van der Waals surface area contributed by atoms with Gasteiger partial charge in [-0.2, -0.15) is 0 Å². The average molecular weight is 866 g/mol. The summed E-state index contributed by atoms with van der Waals surface area (Å²) in [5, 5.41) is 0. The summed E-state index contributed by atoms with van der Waals surface area (Å²) in [5.41, 5.74) is 15.0. The Labute approximate surface area is 360 Å². The van der Waals surface area contributed by atoms with E-state index < -0.39 is 0 Å². The van der Waals surface area contributed by atoms with E-state index in [2.05, 4.69) is 151 Å². The molecule has 2 aliphatic heterocycles. The standard InChI is InChI=1S/C50H74N6.Pd/c1-23(2)39(24(3)4)43-33(19)47-53-37(43)21-35-31(17)45(41(27(9)10)28(11)12)50(51-35)56-48-34(20)44(40(25(5)6)26(7)8)38(54-48)22-36-32(18)46(49(52-36)55-47)42(29(13)14)30(15)16;/h21-30,39-42H,1-20H3;/q-2;+2. The van der Waals surface area contributed by atoms with Gasteiger partial charge in [-0.1, -0.05) is 122 Å². The number of allylic oxidation sites excluding steroid dienone is 4. The Hall–Kier alpha value is -2.88. The van der Waals surface area contributed by atoms with Crippen molar-refractivity contribution in [1.29, 1.82) is 0 Å². The first-order valence-corrected chi connectivity index (χ1v) is 21.9. The van der Waals surface area contributed by atoms with Crippen molar-refractivity contribution in [3.05, 3.63) is 57.4 Å². The van der Waals surface area contributed by atoms with Crippen LogP contribution in [0, 0.1) is 73.0 Å². The van der Waals surface area contributed by atoms with Crippen LogP contribution >= 0.6 is 0 Å². The normalized spacial score (nSPS) is 14.2. The number of nitrogens with zero attached hydrogens (tertiary/aromatic N) is 6. The van der Waals surface area contributed by atoms with E-state index in [4.69, 9.17) is 29.9 Å². The predicted molar refractivity (Wildman–Crippen MR) is 240 cm³/mol. The fraction of sp³-hybridized carbons (Fsp3) is 0.640. The molecule has 0 amide bonds. The summed E-state index contributed by atoms with van der Waals surface area (Å²) in [4.78, 5) is 32.8. The fourth-order valence-corrected chi connectivity index (χ4v) is 11.0. The number of fused-ring (bicyclic) bond motifs is 8. The molecule has 0 atom stereocenters. The molecular weight excluding hydrogens is 791 g/mol. The second-order valence-electron chi connectivity index (χ2n) is 20.0. The van der Waals surface area contributed by atoms with Gasteiger partial charge in [0, 0.05) is 0 Å². The van der Waals surface area contributed by atoms with Gasteiger partial charge in [0.05, 0.1) is 23.0 Å². The Morgan fingerprint density at radius 2 is 0.649 bits per heavy atom. The summed E-state index contributed by atoms with van der Waals surface area (Å²) < 4.78 is 0. The van der Waals surface area contributed by atoms with Gasteiger partial charge in [0.2, 0.25) is 0 Å². The molecule has 0 aliphatic carbocycles. The first-order valence-electron chi connectivity index (χ1n) is 21.9. The van der Waals surface area contributed by atoms with E-state index >= 15 is 0 Å². The maximum atomic E-state index is 5.50. The van der Waals surface area contributed by atoms with Gasteiger partial charge in [-0.25, -0.2) is 0 Å². The van der Waals surface area contributed by atoms with Gasteiger partial charge in [0.1, 0.15) is 0 Å². The molecule has 0 radical (unpaired) electrons. The van der Waals surface area contributed by atoms with E-state index in [1.165, 1.54) is 33.4 Å². The van der Waals surface area contributed by atoms with Crippen molar-refractivity contribution in [3.8, 4) is 0 Å². The van der Waals surface area contributed by atoms with Crippen LogP contribution in [0.3, 0.4) is 0 Å². The molecule has 57 heavy (non-hydrogen) atoms. The average Bonchev–Trinajstić information content (AvgIpc) is 3.72. The Morgan fingerprint density at radius 3 is 0.895 bits per heavy atom. The third kappa shape index (κ3) is 8.87. The maximum Gasteiger partial charge on any atom is 2.00 e. The number of aryl methyl sites for hydroxylation is 2. The minimum atomic E-state index is 0. The van der Waals surface area contributed by atoms with Crippen LogP contribution in [0.25, 0.3) is 44.6 Å². The summed E-state index contributed by atoms with van der Waals surface area (Å²) >= 11 is 0. The zero-order valence-corrected chi connectivity index (χ0v) is 40.6. The maximum absolute atomic E-state index is 5.50. The Kier molecular flexibility index (Phi) is 14.9. The van der Waals surface area contributed by atoms with Crippen LogP contribution in [0.5, 0.6) is 0 Å². The molecule has 0 saturated carbocycles. The van der Waals surface area contributed by atoms with Crippen LogP contribution in [0.15, 0.2) is 12.1 Å². The minimum Gasteiger partial charge on any atom is -0.436 e. The zero-order valence-electron chi connectivity index (χ0n) is 39.1. The van der Waals surface area contributed by atoms with Gasteiger partial charge in [-0.05, 0) is 166 Å². The largest absolute Gasteiger partial charge is 2.00 e. The summed E-state index contributed by atoms with van der Waals surface area (Å²) in [6.07, 6.45) is 0. The van der Waals surface area contributed by atoms with E-state index in [-0.39, 0.29) is 32.3 Å². The Bertz CT molecular complexity index is 1970. The molecule has 0 spiro atoms. The molecule has 6 nitrogen and oxygen atoms in total. The smallest absolute Gasteiger partial charge is 0.436 e. The summed E-state index contributed by atoms with van der Waals surface area (Å²) in [7, 11) is 0. The molecule has 8 bridgehead atoms. The first kappa shape index (κ1) is 46.8. The molecule has 3 aromatic rings. The van der Waals surface area contributed by atoms with E-state index in [1.807, 2.05) is 0 Å². The van der Waals surface area contributed by atoms with Crippen LogP contribution in [-0.4, -0.2) is 19.9 Å². The monoisotopic (exact) mass is 865 g/mol. The molecule has 7 heteroatoms. The zero-order chi connectivity index (χ0) is 41.8. The summed E-state index contributed by atoms with van der Waals surface area (Å²) in [6, 6.07) is 4.48. The SMILES string of the molecule is CC1=C(C(C(C)C)C(C)C)c2nc1cc1[n-]c(nc3nc(cc4[n-]c(n2)c(C)c4C(C(C)C)C(C)C)C(C)=C3C(C(C)C)C(C)C)c(C)c1C(C(C)C)C(C)C.[Pd+2]. The van der Waals surface area contributed by atoms with Crippen LogP contribution in [0.1, 0.15) is 182 Å². The van der Waals surface area contributed by atoms with Crippen LogP contribution in [-0.2, 0) is 20.4 Å². The topological polar surface area (TPSA) is 79.8 Å². The fourth-order valence-electron chi connectivity index (χ4n) is 11.0. The number of rotatable bonds is 12. The Morgan fingerprint density at radius 1 is 0.386 bits per heavy atom. The van der Waals surface area contributed by atoms with Crippen molar-refractivity contribution in [1.82, 2.24) is 29.9 Å². The van der Waals surface area contributed by atoms with Crippen LogP contribution in [0.2, 0.25) is 0 Å². The second kappa shape index (κ2) is 18.2. The Balaban J connectivity index is 0.00000720. The van der Waals surface area contributed by atoms with E-state index in [0.29, 0.717) is 59.2 Å². The molecule has 0 saturated heterocycles. The first-order chi connectivity index (χ1) is 26.1. The van der Waals surface area contributed by atoms with Crippen molar-refractivity contribution in [3.63, 3.8) is 0 Å². The van der Waals surface area contributed by atoms with Gasteiger partial charge >= 0.3 is 20.4 Å². The van der Waals surface area contributed by atoms with Crippen molar-refractivity contribution in [2.45, 2.75) is 150 Å². The van der Waals surface area contributed by atoms with Crippen molar-refractivity contribution >= 4 is 44.6 Å². The molecule has 0 fully saturated rings. The third-order valence-corrected chi connectivity index (χ3v) is 13.0. The predicted octanol–water partition coefficient (Wildman–Crippen LogP) is 13.5.